The van der Waals surface area contributed by atoms with Gasteiger partial charge in [-0.25, -0.2) is 4.98 Å². The van der Waals surface area contributed by atoms with Crippen molar-refractivity contribution in [3.63, 3.8) is 0 Å². The Morgan fingerprint density at radius 1 is 0.720 bits per heavy atom. The van der Waals surface area contributed by atoms with Gasteiger partial charge in [-0.1, -0.05) is 62.4 Å². The third-order valence-electron chi connectivity index (χ3n) is 5.33. The zero-order valence-electron chi connectivity index (χ0n) is 14.3. The van der Waals surface area contributed by atoms with Crippen LogP contribution in [0.5, 0.6) is 0 Å². The number of aromatic nitrogens is 2. The van der Waals surface area contributed by atoms with Gasteiger partial charge in [-0.05, 0) is 40.5 Å². The maximum absolute atomic E-state index is 4.80. The molecule has 2 nitrogen and oxygen atoms in total. The summed E-state index contributed by atoms with van der Waals surface area (Å²) in [7, 11) is 0. The van der Waals surface area contributed by atoms with Gasteiger partial charge in [0.05, 0.1) is 22.9 Å². The maximum atomic E-state index is 4.80. The number of hydrogen-bond donors (Lipinski definition) is 0. The molecule has 1 aromatic heterocycles. The highest BCUT2D eigenvalue weighted by Crippen LogP contribution is 2.49. The van der Waals surface area contributed by atoms with E-state index < -0.39 is 0 Å². The predicted molar refractivity (Wildman–Crippen MR) is 103 cm³/mol. The topological polar surface area (TPSA) is 25.8 Å². The van der Waals surface area contributed by atoms with Crippen LogP contribution in [0.2, 0.25) is 0 Å². The molecule has 2 heteroatoms. The lowest BCUT2D eigenvalue weighted by Gasteiger charge is -2.21. The molecule has 0 aliphatic heterocycles. The largest absolute Gasteiger partial charge is 0.252 e. The normalized spacial score (nSPS) is 14.3. The van der Waals surface area contributed by atoms with Crippen LogP contribution in [0.3, 0.4) is 0 Å². The van der Waals surface area contributed by atoms with E-state index in [1.807, 2.05) is 30.5 Å². The molecule has 120 valence electrons. The number of fused-ring (bicyclic) bond motifs is 4. The highest BCUT2D eigenvalue weighted by molar-refractivity contribution is 5.84. The predicted octanol–water partition coefficient (Wildman–Crippen LogP) is 5.60. The van der Waals surface area contributed by atoms with Crippen molar-refractivity contribution in [2.45, 2.75) is 19.3 Å². The lowest BCUT2D eigenvalue weighted by molar-refractivity contribution is 0.660. The fraction of sp³-hybridized carbons (Fsp3) is 0.130. The first-order chi connectivity index (χ1) is 12.1. The van der Waals surface area contributed by atoms with Crippen LogP contribution in [0, 0.1) is 0 Å². The monoisotopic (exact) mass is 322 g/mol. The van der Waals surface area contributed by atoms with Gasteiger partial charge in [0, 0.05) is 11.0 Å². The molecule has 4 aromatic rings. The van der Waals surface area contributed by atoms with E-state index in [0.717, 1.165) is 22.3 Å². The fourth-order valence-corrected chi connectivity index (χ4v) is 3.98. The van der Waals surface area contributed by atoms with Crippen LogP contribution >= 0.6 is 0 Å². The van der Waals surface area contributed by atoms with Crippen molar-refractivity contribution in [2.24, 2.45) is 0 Å². The van der Waals surface area contributed by atoms with Gasteiger partial charge in [0.25, 0.3) is 0 Å². The summed E-state index contributed by atoms with van der Waals surface area (Å²) in [4.78, 5) is 9.36. The van der Waals surface area contributed by atoms with Gasteiger partial charge in [-0.15, -0.1) is 0 Å². The fourth-order valence-electron chi connectivity index (χ4n) is 3.98. The second kappa shape index (κ2) is 5.00. The Labute approximate surface area is 147 Å². The molecule has 1 aliphatic rings. The van der Waals surface area contributed by atoms with Gasteiger partial charge in [0.2, 0.25) is 0 Å². The van der Waals surface area contributed by atoms with Crippen molar-refractivity contribution in [2.75, 3.05) is 0 Å². The number of benzene rings is 3. The molecule has 0 atom stereocenters. The van der Waals surface area contributed by atoms with Gasteiger partial charge in [-0.2, -0.15) is 0 Å². The average Bonchev–Trinajstić information content (AvgIpc) is 2.89. The van der Waals surface area contributed by atoms with Crippen LogP contribution in [0.15, 0.2) is 72.9 Å². The molecular weight excluding hydrogens is 304 g/mol. The van der Waals surface area contributed by atoms with E-state index in [1.165, 1.54) is 22.3 Å². The minimum Gasteiger partial charge on any atom is -0.252 e. The molecule has 3 aromatic carbocycles. The van der Waals surface area contributed by atoms with Gasteiger partial charge < -0.3 is 0 Å². The van der Waals surface area contributed by atoms with Crippen molar-refractivity contribution < 1.29 is 0 Å². The van der Waals surface area contributed by atoms with Gasteiger partial charge in [0.1, 0.15) is 0 Å². The quantitative estimate of drug-likeness (QED) is 0.455. The molecule has 0 amide bonds. The molecule has 0 radical (unpaired) electrons. The van der Waals surface area contributed by atoms with Gasteiger partial charge >= 0.3 is 0 Å². The zero-order valence-corrected chi connectivity index (χ0v) is 14.3. The first-order valence-electron chi connectivity index (χ1n) is 8.61. The minimum absolute atomic E-state index is 0.0412. The Kier molecular flexibility index (Phi) is 2.87. The third-order valence-corrected chi connectivity index (χ3v) is 5.33. The summed E-state index contributed by atoms with van der Waals surface area (Å²) in [5, 5.41) is 0. The number of hydrogen-bond acceptors (Lipinski definition) is 2. The molecule has 1 aliphatic carbocycles. The second-order valence-electron chi connectivity index (χ2n) is 7.17. The Morgan fingerprint density at radius 3 is 2.32 bits per heavy atom. The van der Waals surface area contributed by atoms with Gasteiger partial charge in [0.15, 0.2) is 0 Å². The zero-order chi connectivity index (χ0) is 17.0. The molecule has 0 bridgehead atoms. The van der Waals surface area contributed by atoms with E-state index in [9.17, 15) is 0 Å². The first-order valence-corrected chi connectivity index (χ1v) is 8.61. The third kappa shape index (κ3) is 2.04. The summed E-state index contributed by atoms with van der Waals surface area (Å²) in [5.74, 6) is 0. The summed E-state index contributed by atoms with van der Waals surface area (Å²) in [6.45, 7) is 4.60. The Hall–Kier alpha value is -3.00. The van der Waals surface area contributed by atoms with Crippen LogP contribution in [-0.4, -0.2) is 9.97 Å². The molecule has 0 spiro atoms. The molecule has 5 rings (SSSR count). The Balaban J connectivity index is 1.71. The molecule has 0 N–H and O–H groups in total. The minimum atomic E-state index is 0.0412. The van der Waals surface area contributed by atoms with E-state index in [0.29, 0.717) is 0 Å². The highest BCUT2D eigenvalue weighted by Gasteiger charge is 2.35. The number of rotatable bonds is 1. The van der Waals surface area contributed by atoms with Crippen LogP contribution in [0.25, 0.3) is 33.4 Å². The molecule has 0 unspecified atom stereocenters. The van der Waals surface area contributed by atoms with Crippen molar-refractivity contribution in [3.8, 4) is 22.4 Å². The average molecular weight is 322 g/mol. The summed E-state index contributed by atoms with van der Waals surface area (Å²) < 4.78 is 0. The molecule has 1 heterocycles. The number of para-hydroxylation sites is 2. The Bertz CT molecular complexity index is 1130. The van der Waals surface area contributed by atoms with Gasteiger partial charge in [-0.3, -0.25) is 4.98 Å². The molecule has 0 saturated heterocycles. The van der Waals surface area contributed by atoms with E-state index in [2.05, 4.69) is 61.3 Å². The molecule has 25 heavy (non-hydrogen) atoms. The lowest BCUT2D eigenvalue weighted by atomic mass is 9.82. The van der Waals surface area contributed by atoms with E-state index in [-0.39, 0.29) is 5.41 Å². The van der Waals surface area contributed by atoms with Crippen LogP contribution in [0.4, 0.5) is 0 Å². The summed E-state index contributed by atoms with van der Waals surface area (Å²) >= 11 is 0. The highest BCUT2D eigenvalue weighted by atomic mass is 14.8. The van der Waals surface area contributed by atoms with Crippen molar-refractivity contribution in [1.82, 2.24) is 9.97 Å². The molecule has 0 fully saturated rings. The van der Waals surface area contributed by atoms with Crippen LogP contribution in [-0.2, 0) is 5.41 Å². The van der Waals surface area contributed by atoms with Crippen molar-refractivity contribution >= 4 is 11.0 Å². The standard InChI is InChI=1S/C23H18N2/c1-23(2)18-8-4-3-7-16(18)17-13-15(11-12-19(17)23)22-14-24-20-9-5-6-10-21(20)25-22/h3-14H,1-2H3. The summed E-state index contributed by atoms with van der Waals surface area (Å²) in [6, 6.07) is 23.4. The van der Waals surface area contributed by atoms with Crippen molar-refractivity contribution in [3.05, 3.63) is 84.1 Å². The SMILES string of the molecule is CC1(C)c2ccccc2-c2cc(-c3cnc4ccccc4n3)ccc21. The second-order valence-corrected chi connectivity index (χ2v) is 7.17. The van der Waals surface area contributed by atoms with Crippen LogP contribution in [0.1, 0.15) is 25.0 Å². The maximum Gasteiger partial charge on any atom is 0.0894 e. The Morgan fingerprint density at radius 2 is 1.44 bits per heavy atom. The summed E-state index contributed by atoms with van der Waals surface area (Å²) in [6.07, 6.45) is 1.87. The van der Waals surface area contributed by atoms with E-state index in [4.69, 9.17) is 4.98 Å². The smallest absolute Gasteiger partial charge is 0.0894 e. The van der Waals surface area contributed by atoms with Crippen molar-refractivity contribution in [1.29, 1.82) is 0 Å². The molecular formula is C23H18N2. The summed E-state index contributed by atoms with van der Waals surface area (Å²) in [5.41, 5.74) is 9.36. The first kappa shape index (κ1) is 14.4. The van der Waals surface area contributed by atoms with E-state index >= 15 is 0 Å². The van der Waals surface area contributed by atoms with E-state index in [1.54, 1.807) is 0 Å². The molecule has 0 saturated carbocycles. The van der Waals surface area contributed by atoms with Crippen LogP contribution < -0.4 is 0 Å². The lowest BCUT2D eigenvalue weighted by Crippen LogP contribution is -2.14. The number of nitrogens with zero attached hydrogens (tertiary/aromatic N) is 2.